The van der Waals surface area contributed by atoms with Crippen molar-refractivity contribution in [2.75, 3.05) is 18.1 Å². The zero-order valence-electron chi connectivity index (χ0n) is 14.5. The SMILES string of the molecule is CCCOC(=O)CN1C(=O)C(C)(C)Oc2ccc(C(=O)CC)cc21. The average molecular weight is 333 g/mol. The Morgan fingerprint density at radius 3 is 2.58 bits per heavy atom. The fraction of sp³-hybridized carbons (Fsp3) is 0.500. The first-order valence-corrected chi connectivity index (χ1v) is 8.14. The van der Waals surface area contributed by atoms with Crippen molar-refractivity contribution >= 4 is 23.3 Å². The van der Waals surface area contributed by atoms with Gasteiger partial charge < -0.3 is 9.47 Å². The number of fused-ring (bicyclic) bond motifs is 1. The normalized spacial score (nSPS) is 15.5. The predicted molar refractivity (Wildman–Crippen MR) is 89.4 cm³/mol. The summed E-state index contributed by atoms with van der Waals surface area (Å²) in [5.74, 6) is -0.398. The van der Waals surface area contributed by atoms with Gasteiger partial charge in [0.15, 0.2) is 11.4 Å². The molecule has 1 aromatic carbocycles. The van der Waals surface area contributed by atoms with Crippen LogP contribution in [0.25, 0.3) is 0 Å². The van der Waals surface area contributed by atoms with E-state index >= 15 is 0 Å². The van der Waals surface area contributed by atoms with E-state index in [2.05, 4.69) is 0 Å². The quantitative estimate of drug-likeness (QED) is 0.591. The molecule has 0 unspecified atom stereocenters. The summed E-state index contributed by atoms with van der Waals surface area (Å²) in [6, 6.07) is 4.93. The van der Waals surface area contributed by atoms with Crippen molar-refractivity contribution < 1.29 is 23.9 Å². The van der Waals surface area contributed by atoms with Crippen LogP contribution in [-0.2, 0) is 14.3 Å². The van der Waals surface area contributed by atoms with Crippen LogP contribution in [0.15, 0.2) is 18.2 Å². The summed E-state index contributed by atoms with van der Waals surface area (Å²) in [7, 11) is 0. The van der Waals surface area contributed by atoms with Gasteiger partial charge >= 0.3 is 5.97 Å². The van der Waals surface area contributed by atoms with E-state index in [1.54, 1.807) is 39.0 Å². The third kappa shape index (κ3) is 3.58. The maximum absolute atomic E-state index is 12.7. The summed E-state index contributed by atoms with van der Waals surface area (Å²) < 4.78 is 10.8. The molecular weight excluding hydrogens is 310 g/mol. The van der Waals surface area contributed by atoms with Gasteiger partial charge in [0.05, 0.1) is 12.3 Å². The second kappa shape index (κ2) is 7.03. The molecule has 1 amide bonds. The summed E-state index contributed by atoms with van der Waals surface area (Å²) in [6.45, 7) is 7.06. The highest BCUT2D eigenvalue weighted by Gasteiger charge is 2.42. The molecule has 0 saturated carbocycles. The summed E-state index contributed by atoms with van der Waals surface area (Å²) in [4.78, 5) is 37.9. The van der Waals surface area contributed by atoms with Gasteiger partial charge in [-0.05, 0) is 38.5 Å². The van der Waals surface area contributed by atoms with Crippen LogP contribution in [0.2, 0.25) is 0 Å². The molecule has 1 aliphatic heterocycles. The lowest BCUT2D eigenvalue weighted by molar-refractivity contribution is -0.144. The molecule has 0 atom stereocenters. The molecule has 130 valence electrons. The van der Waals surface area contributed by atoms with E-state index in [0.29, 0.717) is 36.4 Å². The minimum atomic E-state index is -1.09. The number of carbonyl (C=O) groups excluding carboxylic acids is 3. The fourth-order valence-electron chi connectivity index (χ4n) is 2.49. The number of carbonyl (C=O) groups is 3. The van der Waals surface area contributed by atoms with E-state index in [9.17, 15) is 14.4 Å². The Kier molecular flexibility index (Phi) is 5.26. The average Bonchev–Trinajstić information content (AvgIpc) is 2.55. The first-order chi connectivity index (χ1) is 11.3. The lowest BCUT2D eigenvalue weighted by Gasteiger charge is -2.38. The van der Waals surface area contributed by atoms with Crippen LogP contribution in [0.4, 0.5) is 5.69 Å². The van der Waals surface area contributed by atoms with Crippen LogP contribution in [-0.4, -0.2) is 36.4 Å². The Labute approximate surface area is 141 Å². The second-order valence-electron chi connectivity index (χ2n) is 6.18. The number of hydrogen-bond donors (Lipinski definition) is 0. The monoisotopic (exact) mass is 333 g/mol. The summed E-state index contributed by atoms with van der Waals surface area (Å²) in [6.07, 6.45) is 1.07. The predicted octanol–water partition coefficient (Wildman–Crippen LogP) is 2.74. The minimum Gasteiger partial charge on any atom is -0.476 e. The number of ketones is 1. The number of anilines is 1. The number of amides is 1. The standard InChI is InChI=1S/C18H23NO5/c1-5-9-23-16(21)11-19-13-10-12(14(20)6-2)7-8-15(13)24-18(3,4)17(19)22/h7-8,10H,5-6,9,11H2,1-4H3. The molecular formula is C18H23NO5. The number of esters is 1. The smallest absolute Gasteiger partial charge is 0.326 e. The van der Waals surface area contributed by atoms with Gasteiger partial charge in [-0.15, -0.1) is 0 Å². The largest absolute Gasteiger partial charge is 0.476 e. The van der Waals surface area contributed by atoms with E-state index in [-0.39, 0.29) is 18.2 Å². The van der Waals surface area contributed by atoms with Crippen LogP contribution >= 0.6 is 0 Å². The molecule has 1 heterocycles. The first kappa shape index (κ1) is 18.0. The number of nitrogens with zero attached hydrogens (tertiary/aromatic N) is 1. The van der Waals surface area contributed by atoms with E-state index < -0.39 is 11.6 Å². The lowest BCUT2D eigenvalue weighted by atomic mass is 10.0. The van der Waals surface area contributed by atoms with Gasteiger partial charge in [0.1, 0.15) is 12.3 Å². The van der Waals surface area contributed by atoms with E-state index in [1.165, 1.54) is 4.90 Å². The molecule has 0 spiro atoms. The van der Waals surface area contributed by atoms with Crippen LogP contribution < -0.4 is 9.64 Å². The molecule has 0 fully saturated rings. The molecule has 0 saturated heterocycles. The maximum atomic E-state index is 12.7. The van der Waals surface area contributed by atoms with Crippen LogP contribution in [0.1, 0.15) is 50.9 Å². The van der Waals surface area contributed by atoms with Crippen molar-refractivity contribution in [3.05, 3.63) is 23.8 Å². The van der Waals surface area contributed by atoms with Crippen molar-refractivity contribution in [2.24, 2.45) is 0 Å². The van der Waals surface area contributed by atoms with Crippen LogP contribution in [0.3, 0.4) is 0 Å². The maximum Gasteiger partial charge on any atom is 0.326 e. The second-order valence-corrected chi connectivity index (χ2v) is 6.18. The Bertz CT molecular complexity index is 665. The molecule has 2 rings (SSSR count). The molecule has 0 radical (unpaired) electrons. The highest BCUT2D eigenvalue weighted by Crippen LogP contribution is 2.38. The molecule has 0 bridgehead atoms. The zero-order chi connectivity index (χ0) is 17.9. The molecule has 0 aliphatic carbocycles. The van der Waals surface area contributed by atoms with Gasteiger partial charge in [0.2, 0.25) is 0 Å². The summed E-state index contributed by atoms with van der Waals surface area (Å²) >= 11 is 0. The molecule has 0 N–H and O–H groups in total. The molecule has 1 aromatic rings. The van der Waals surface area contributed by atoms with E-state index in [1.807, 2.05) is 6.92 Å². The third-order valence-corrected chi connectivity index (χ3v) is 3.77. The van der Waals surface area contributed by atoms with Crippen LogP contribution in [0.5, 0.6) is 5.75 Å². The minimum absolute atomic E-state index is 0.0383. The van der Waals surface area contributed by atoms with Crippen LogP contribution in [0, 0.1) is 0 Å². The van der Waals surface area contributed by atoms with E-state index in [0.717, 1.165) is 0 Å². The Morgan fingerprint density at radius 1 is 1.25 bits per heavy atom. The Morgan fingerprint density at radius 2 is 1.96 bits per heavy atom. The van der Waals surface area contributed by atoms with Gasteiger partial charge in [-0.2, -0.15) is 0 Å². The van der Waals surface area contributed by atoms with Gasteiger partial charge in [0, 0.05) is 12.0 Å². The van der Waals surface area contributed by atoms with Gasteiger partial charge in [0.25, 0.3) is 5.91 Å². The molecule has 6 nitrogen and oxygen atoms in total. The molecule has 6 heteroatoms. The molecule has 1 aliphatic rings. The number of rotatable bonds is 6. The van der Waals surface area contributed by atoms with Crippen molar-refractivity contribution in [2.45, 2.75) is 46.1 Å². The lowest BCUT2D eigenvalue weighted by Crippen LogP contribution is -2.54. The van der Waals surface area contributed by atoms with Gasteiger partial charge in [-0.25, -0.2) is 0 Å². The zero-order valence-corrected chi connectivity index (χ0v) is 14.5. The van der Waals surface area contributed by atoms with Crippen molar-refractivity contribution in [1.29, 1.82) is 0 Å². The first-order valence-electron chi connectivity index (χ1n) is 8.14. The van der Waals surface area contributed by atoms with Crippen molar-refractivity contribution in [1.82, 2.24) is 0 Å². The number of Topliss-reactive ketones (excluding diaryl/α,β-unsaturated/α-hetero) is 1. The highest BCUT2D eigenvalue weighted by atomic mass is 16.5. The third-order valence-electron chi connectivity index (χ3n) is 3.77. The Hall–Kier alpha value is -2.37. The fourth-order valence-corrected chi connectivity index (χ4v) is 2.49. The molecule has 0 aromatic heterocycles. The highest BCUT2D eigenvalue weighted by molar-refractivity contribution is 6.06. The summed E-state index contributed by atoms with van der Waals surface area (Å²) in [5, 5.41) is 0. The van der Waals surface area contributed by atoms with Crippen molar-refractivity contribution in [3.63, 3.8) is 0 Å². The van der Waals surface area contributed by atoms with E-state index in [4.69, 9.17) is 9.47 Å². The topological polar surface area (TPSA) is 72.9 Å². The Balaban J connectivity index is 2.39. The molecule has 24 heavy (non-hydrogen) atoms. The van der Waals surface area contributed by atoms with Crippen molar-refractivity contribution in [3.8, 4) is 5.75 Å². The number of benzene rings is 1. The summed E-state index contributed by atoms with van der Waals surface area (Å²) in [5.41, 5.74) is -0.180. The van der Waals surface area contributed by atoms with Gasteiger partial charge in [-0.3, -0.25) is 19.3 Å². The number of hydrogen-bond acceptors (Lipinski definition) is 5. The number of ether oxygens (including phenoxy) is 2. The van der Waals surface area contributed by atoms with Gasteiger partial charge in [-0.1, -0.05) is 13.8 Å².